The monoisotopic (exact) mass is 387 g/mol. The second kappa shape index (κ2) is 7.71. The van der Waals surface area contributed by atoms with Crippen LogP contribution in [0.2, 0.25) is 0 Å². The maximum Gasteiger partial charge on any atom is 0.254 e. The van der Waals surface area contributed by atoms with Crippen LogP contribution in [0.1, 0.15) is 58.3 Å². The lowest BCUT2D eigenvalue weighted by Crippen LogP contribution is -2.40. The first kappa shape index (κ1) is 19.2. The number of carbonyl (C=O) groups excluding carboxylic acids is 2. The van der Waals surface area contributed by atoms with Crippen molar-refractivity contribution in [2.75, 3.05) is 5.32 Å². The van der Waals surface area contributed by atoms with Crippen LogP contribution in [0.15, 0.2) is 36.4 Å². The van der Waals surface area contributed by atoms with E-state index < -0.39 is 0 Å². The van der Waals surface area contributed by atoms with Gasteiger partial charge >= 0.3 is 0 Å². The molecule has 1 aliphatic carbocycles. The van der Waals surface area contributed by atoms with E-state index in [9.17, 15) is 9.59 Å². The van der Waals surface area contributed by atoms with E-state index in [1.54, 1.807) is 6.07 Å². The van der Waals surface area contributed by atoms with Crippen LogP contribution in [0.3, 0.4) is 0 Å². The van der Waals surface area contributed by atoms with Gasteiger partial charge in [0.15, 0.2) is 0 Å². The average Bonchev–Trinajstić information content (AvgIpc) is 3.07. The van der Waals surface area contributed by atoms with E-state index in [-0.39, 0.29) is 23.8 Å². The van der Waals surface area contributed by atoms with Crippen LogP contribution in [-0.4, -0.2) is 22.8 Å². The van der Waals surface area contributed by atoms with Gasteiger partial charge in [0, 0.05) is 29.8 Å². The minimum atomic E-state index is -0.0556. The second-order valence-corrected chi connectivity index (χ2v) is 8.17. The van der Waals surface area contributed by atoms with Gasteiger partial charge in [-0.3, -0.25) is 9.59 Å². The number of nitrogens with one attached hydrogen (secondary N) is 1. The predicted octanol–water partition coefficient (Wildman–Crippen LogP) is 4.33. The molecule has 1 heterocycles. The summed E-state index contributed by atoms with van der Waals surface area (Å²) in [7, 11) is 0. The topological polar surface area (TPSA) is 73.2 Å². The van der Waals surface area contributed by atoms with Crippen LogP contribution in [0.25, 0.3) is 0 Å². The van der Waals surface area contributed by atoms with E-state index in [1.165, 1.54) is 5.56 Å². The van der Waals surface area contributed by atoms with Crippen molar-refractivity contribution in [2.45, 2.75) is 52.1 Å². The van der Waals surface area contributed by atoms with Crippen molar-refractivity contribution >= 4 is 17.5 Å². The fourth-order valence-corrected chi connectivity index (χ4v) is 4.52. The molecule has 1 aliphatic heterocycles. The number of aryl methyl sites for hydroxylation is 2. The van der Waals surface area contributed by atoms with E-state index in [0.29, 0.717) is 17.8 Å². The van der Waals surface area contributed by atoms with E-state index >= 15 is 0 Å². The van der Waals surface area contributed by atoms with Crippen LogP contribution in [-0.2, 0) is 11.3 Å². The number of nitrogens with zero attached hydrogens (tertiary/aromatic N) is 2. The fourth-order valence-electron chi connectivity index (χ4n) is 4.52. The highest BCUT2D eigenvalue weighted by molar-refractivity contribution is 5.99. The second-order valence-electron chi connectivity index (χ2n) is 8.17. The number of hydrogen-bond acceptors (Lipinski definition) is 3. The number of fused-ring (bicyclic) bond motifs is 1. The summed E-state index contributed by atoms with van der Waals surface area (Å²) in [4.78, 5) is 27.5. The van der Waals surface area contributed by atoms with Gasteiger partial charge in [0.25, 0.3) is 5.91 Å². The SMILES string of the molecule is Cc1ccc(NC(=O)C2CCC(N3Cc4c(C)cccc4C3=O)CC2)cc1C#N. The van der Waals surface area contributed by atoms with Crippen LogP contribution in [0.5, 0.6) is 0 Å². The number of nitriles is 1. The third-order valence-corrected chi connectivity index (χ3v) is 6.36. The molecule has 1 saturated carbocycles. The van der Waals surface area contributed by atoms with E-state index in [1.807, 2.05) is 36.1 Å². The zero-order chi connectivity index (χ0) is 20.5. The lowest BCUT2D eigenvalue weighted by molar-refractivity contribution is -0.121. The Morgan fingerprint density at radius 1 is 1.10 bits per heavy atom. The molecule has 2 aromatic carbocycles. The molecule has 0 bridgehead atoms. The van der Waals surface area contributed by atoms with Crippen molar-refractivity contribution in [2.24, 2.45) is 5.92 Å². The highest BCUT2D eigenvalue weighted by Gasteiger charge is 2.36. The molecule has 1 fully saturated rings. The molecule has 0 spiro atoms. The molecule has 0 radical (unpaired) electrons. The Labute approximate surface area is 171 Å². The predicted molar refractivity (Wildman–Crippen MR) is 111 cm³/mol. The summed E-state index contributed by atoms with van der Waals surface area (Å²) in [5, 5.41) is 12.1. The first-order valence-corrected chi connectivity index (χ1v) is 10.2. The van der Waals surface area contributed by atoms with Gasteiger partial charge in [-0.2, -0.15) is 5.26 Å². The molecule has 148 valence electrons. The van der Waals surface area contributed by atoms with Crippen molar-refractivity contribution < 1.29 is 9.59 Å². The number of amides is 2. The number of anilines is 1. The highest BCUT2D eigenvalue weighted by Crippen LogP contribution is 2.34. The minimum absolute atomic E-state index is 0.00284. The Bertz CT molecular complexity index is 1010. The molecule has 2 amide bonds. The quantitative estimate of drug-likeness (QED) is 0.852. The molecule has 0 aromatic heterocycles. The fraction of sp³-hybridized carbons (Fsp3) is 0.375. The van der Waals surface area contributed by atoms with Gasteiger partial charge in [0.05, 0.1) is 11.6 Å². The Balaban J connectivity index is 1.36. The number of hydrogen-bond donors (Lipinski definition) is 1. The lowest BCUT2D eigenvalue weighted by Gasteiger charge is -2.34. The van der Waals surface area contributed by atoms with E-state index in [0.717, 1.165) is 42.4 Å². The summed E-state index contributed by atoms with van der Waals surface area (Å²) in [6, 6.07) is 13.7. The van der Waals surface area contributed by atoms with E-state index in [4.69, 9.17) is 5.26 Å². The van der Waals surface area contributed by atoms with Crippen LogP contribution in [0, 0.1) is 31.1 Å². The molecule has 0 saturated heterocycles. The Kier molecular flexibility index (Phi) is 5.10. The summed E-state index contributed by atoms with van der Waals surface area (Å²) < 4.78 is 0. The normalized spacial score (nSPS) is 20.9. The molecule has 1 N–H and O–H groups in total. The Morgan fingerprint density at radius 2 is 1.86 bits per heavy atom. The largest absolute Gasteiger partial charge is 0.331 e. The summed E-state index contributed by atoms with van der Waals surface area (Å²) in [5.41, 5.74) is 5.29. The first-order chi connectivity index (χ1) is 14.0. The summed E-state index contributed by atoms with van der Waals surface area (Å²) in [6.45, 7) is 4.62. The van der Waals surface area contributed by atoms with Gasteiger partial charge in [-0.1, -0.05) is 18.2 Å². The van der Waals surface area contributed by atoms with Gasteiger partial charge in [-0.25, -0.2) is 0 Å². The number of rotatable bonds is 3. The Hall–Kier alpha value is -3.13. The first-order valence-electron chi connectivity index (χ1n) is 10.2. The maximum absolute atomic E-state index is 12.8. The molecular weight excluding hydrogens is 362 g/mol. The minimum Gasteiger partial charge on any atom is -0.331 e. The molecule has 5 heteroatoms. The smallest absolute Gasteiger partial charge is 0.254 e. The zero-order valence-electron chi connectivity index (χ0n) is 16.9. The standard InChI is InChI=1S/C24H25N3O2/c1-15-6-9-19(12-18(15)13-25)26-23(28)17-7-10-20(11-8-17)27-14-22-16(2)4-3-5-21(22)24(27)29/h3-6,9,12,17,20H,7-8,10-11,14H2,1-2H3,(H,26,28). The van der Waals surface area contributed by atoms with Gasteiger partial charge in [-0.15, -0.1) is 0 Å². The number of carbonyl (C=O) groups is 2. The lowest BCUT2D eigenvalue weighted by atomic mass is 9.84. The van der Waals surface area contributed by atoms with Crippen LogP contribution >= 0.6 is 0 Å². The molecule has 2 aliphatic rings. The molecule has 5 nitrogen and oxygen atoms in total. The highest BCUT2D eigenvalue weighted by atomic mass is 16.2. The van der Waals surface area contributed by atoms with Crippen molar-refractivity contribution in [3.63, 3.8) is 0 Å². The molecule has 2 aromatic rings. The number of benzene rings is 2. The average molecular weight is 387 g/mol. The Morgan fingerprint density at radius 3 is 2.55 bits per heavy atom. The van der Waals surface area contributed by atoms with E-state index in [2.05, 4.69) is 24.4 Å². The maximum atomic E-state index is 12.8. The van der Waals surface area contributed by atoms with Crippen molar-refractivity contribution in [3.05, 3.63) is 64.2 Å². The van der Waals surface area contributed by atoms with Gasteiger partial charge in [0.1, 0.15) is 0 Å². The summed E-state index contributed by atoms with van der Waals surface area (Å²) >= 11 is 0. The third kappa shape index (κ3) is 3.63. The van der Waals surface area contributed by atoms with Crippen LogP contribution < -0.4 is 5.32 Å². The van der Waals surface area contributed by atoms with Crippen LogP contribution in [0.4, 0.5) is 5.69 Å². The van der Waals surface area contributed by atoms with Gasteiger partial charge in [0.2, 0.25) is 5.91 Å². The molecule has 29 heavy (non-hydrogen) atoms. The van der Waals surface area contributed by atoms with Gasteiger partial charge in [-0.05, 0) is 74.4 Å². The molecule has 4 rings (SSSR count). The zero-order valence-corrected chi connectivity index (χ0v) is 16.9. The molecule has 0 unspecified atom stereocenters. The van der Waals surface area contributed by atoms with Crippen molar-refractivity contribution in [1.82, 2.24) is 4.90 Å². The van der Waals surface area contributed by atoms with Gasteiger partial charge < -0.3 is 10.2 Å². The third-order valence-electron chi connectivity index (χ3n) is 6.36. The molecular formula is C24H25N3O2. The van der Waals surface area contributed by atoms with Crippen molar-refractivity contribution in [1.29, 1.82) is 5.26 Å². The molecule has 0 atom stereocenters. The summed E-state index contributed by atoms with van der Waals surface area (Å²) in [5.74, 6) is 0.0725. The van der Waals surface area contributed by atoms with Crippen molar-refractivity contribution in [3.8, 4) is 6.07 Å². The summed E-state index contributed by atoms with van der Waals surface area (Å²) in [6.07, 6.45) is 3.22.